The van der Waals surface area contributed by atoms with E-state index < -0.39 is 0 Å². The van der Waals surface area contributed by atoms with Crippen LogP contribution in [-0.2, 0) is 0 Å². The van der Waals surface area contributed by atoms with Gasteiger partial charge in [-0.3, -0.25) is 4.98 Å². The van der Waals surface area contributed by atoms with Crippen molar-refractivity contribution >= 4 is 22.3 Å². The molecule has 1 aromatic carbocycles. The Labute approximate surface area is 192 Å². The van der Waals surface area contributed by atoms with Crippen LogP contribution in [0.3, 0.4) is 0 Å². The van der Waals surface area contributed by atoms with Crippen molar-refractivity contribution < 1.29 is 4.74 Å². The van der Waals surface area contributed by atoms with Crippen molar-refractivity contribution in [3.8, 4) is 29.1 Å². The van der Waals surface area contributed by atoms with Gasteiger partial charge in [-0.15, -0.1) is 0 Å². The van der Waals surface area contributed by atoms with Gasteiger partial charge in [0.2, 0.25) is 5.88 Å². The largest absolute Gasteiger partial charge is 0.477 e. The SMILES string of the molecule is CN(C)CCCOc1ncc(-c2cncc(C#N)c2Nc2cccc3[nH]ccc23)cc1C#N. The highest BCUT2D eigenvalue weighted by atomic mass is 16.5. The topological polar surface area (TPSA) is 114 Å². The highest BCUT2D eigenvalue weighted by molar-refractivity contribution is 5.96. The second kappa shape index (κ2) is 9.82. The van der Waals surface area contributed by atoms with E-state index in [1.807, 2.05) is 44.6 Å². The van der Waals surface area contributed by atoms with E-state index >= 15 is 0 Å². The lowest BCUT2D eigenvalue weighted by Crippen LogP contribution is -2.16. The van der Waals surface area contributed by atoms with Crippen molar-refractivity contribution in [2.24, 2.45) is 0 Å². The summed E-state index contributed by atoms with van der Waals surface area (Å²) < 4.78 is 5.73. The van der Waals surface area contributed by atoms with Crippen LogP contribution in [-0.4, -0.2) is 47.1 Å². The third-order valence-corrected chi connectivity index (χ3v) is 5.19. The Kier molecular flexibility index (Phi) is 6.49. The lowest BCUT2D eigenvalue weighted by Gasteiger charge is -2.15. The Hall–Kier alpha value is -4.40. The van der Waals surface area contributed by atoms with Crippen LogP contribution in [0, 0.1) is 22.7 Å². The van der Waals surface area contributed by atoms with E-state index in [9.17, 15) is 10.5 Å². The van der Waals surface area contributed by atoms with Gasteiger partial charge in [0, 0.05) is 59.0 Å². The standard InChI is InChI=1S/C25H23N7O/c1-32(2)9-4-10-33-25-17(12-26)11-18(15-30-25)21-16-28-14-19(13-27)24(21)31-23-6-3-5-22-20(23)7-8-29-22/h3,5-8,11,14-16,29H,4,9-10H2,1-2H3,(H,28,31). The summed E-state index contributed by atoms with van der Waals surface area (Å²) in [5.74, 6) is 0.302. The van der Waals surface area contributed by atoms with Gasteiger partial charge in [0.05, 0.1) is 17.9 Å². The second-order valence-electron chi connectivity index (χ2n) is 7.78. The molecule has 3 aromatic heterocycles. The van der Waals surface area contributed by atoms with E-state index in [0.29, 0.717) is 40.4 Å². The number of fused-ring (bicyclic) bond motifs is 1. The minimum atomic E-state index is 0.302. The number of aromatic nitrogens is 3. The fourth-order valence-electron chi connectivity index (χ4n) is 3.57. The summed E-state index contributed by atoms with van der Waals surface area (Å²) in [6, 6.07) is 13.9. The van der Waals surface area contributed by atoms with Gasteiger partial charge in [-0.1, -0.05) is 6.07 Å². The molecule has 0 unspecified atom stereocenters. The summed E-state index contributed by atoms with van der Waals surface area (Å²) in [5.41, 5.74) is 4.50. The molecule has 4 rings (SSSR count). The first-order valence-electron chi connectivity index (χ1n) is 10.5. The second-order valence-corrected chi connectivity index (χ2v) is 7.78. The maximum atomic E-state index is 9.72. The molecular weight excluding hydrogens is 414 g/mol. The summed E-state index contributed by atoms with van der Waals surface area (Å²) in [6.07, 6.45) is 7.52. The molecule has 0 aliphatic carbocycles. The predicted molar refractivity (Wildman–Crippen MR) is 127 cm³/mol. The zero-order valence-electron chi connectivity index (χ0n) is 18.5. The summed E-state index contributed by atoms with van der Waals surface area (Å²) in [6.45, 7) is 1.35. The van der Waals surface area contributed by atoms with Crippen LogP contribution < -0.4 is 10.1 Å². The minimum absolute atomic E-state index is 0.302. The highest BCUT2D eigenvalue weighted by Gasteiger charge is 2.16. The van der Waals surface area contributed by atoms with Gasteiger partial charge in [-0.2, -0.15) is 10.5 Å². The van der Waals surface area contributed by atoms with E-state index in [-0.39, 0.29) is 0 Å². The van der Waals surface area contributed by atoms with Crippen LogP contribution in [0.1, 0.15) is 17.5 Å². The van der Waals surface area contributed by atoms with Crippen molar-refractivity contribution in [2.75, 3.05) is 32.6 Å². The number of hydrogen-bond donors (Lipinski definition) is 2. The molecule has 0 aliphatic rings. The maximum Gasteiger partial charge on any atom is 0.231 e. The number of anilines is 2. The van der Waals surface area contributed by atoms with Crippen molar-refractivity contribution in [2.45, 2.75) is 6.42 Å². The van der Waals surface area contributed by atoms with Crippen molar-refractivity contribution in [1.29, 1.82) is 10.5 Å². The molecule has 0 saturated carbocycles. The minimum Gasteiger partial charge on any atom is -0.477 e. The molecule has 4 aromatic rings. The number of ether oxygens (including phenoxy) is 1. The van der Waals surface area contributed by atoms with Crippen LogP contribution in [0.2, 0.25) is 0 Å². The van der Waals surface area contributed by atoms with Gasteiger partial charge in [-0.25, -0.2) is 4.98 Å². The first kappa shape index (κ1) is 21.8. The summed E-state index contributed by atoms with van der Waals surface area (Å²) in [7, 11) is 4.00. The number of benzene rings is 1. The van der Waals surface area contributed by atoms with Gasteiger partial charge in [-0.05, 0) is 44.8 Å². The van der Waals surface area contributed by atoms with E-state index in [2.05, 4.69) is 37.3 Å². The van der Waals surface area contributed by atoms with Crippen molar-refractivity contribution in [1.82, 2.24) is 19.9 Å². The van der Waals surface area contributed by atoms with Crippen molar-refractivity contribution in [3.63, 3.8) is 0 Å². The number of pyridine rings is 2. The lowest BCUT2D eigenvalue weighted by atomic mass is 10.0. The lowest BCUT2D eigenvalue weighted by molar-refractivity contribution is 0.272. The molecule has 0 spiro atoms. The molecular formula is C25H23N7O. The molecule has 8 heteroatoms. The fraction of sp³-hybridized carbons (Fsp3) is 0.200. The van der Waals surface area contributed by atoms with E-state index in [1.54, 1.807) is 18.5 Å². The first-order chi connectivity index (χ1) is 16.1. The molecule has 8 nitrogen and oxygen atoms in total. The van der Waals surface area contributed by atoms with E-state index in [4.69, 9.17) is 4.74 Å². The molecule has 3 heterocycles. The Bertz CT molecular complexity index is 1360. The molecule has 0 saturated heterocycles. The average Bonchev–Trinajstić information content (AvgIpc) is 3.32. The first-order valence-corrected chi connectivity index (χ1v) is 10.5. The molecule has 0 fully saturated rings. The zero-order valence-corrected chi connectivity index (χ0v) is 18.5. The van der Waals surface area contributed by atoms with Gasteiger partial charge in [0.15, 0.2) is 0 Å². The normalized spacial score (nSPS) is 10.7. The molecule has 0 aliphatic heterocycles. The molecule has 0 atom stereocenters. The Morgan fingerprint density at radius 1 is 1.09 bits per heavy atom. The smallest absolute Gasteiger partial charge is 0.231 e. The average molecular weight is 438 g/mol. The molecule has 2 N–H and O–H groups in total. The quantitative estimate of drug-likeness (QED) is 0.392. The number of nitriles is 2. The molecule has 0 amide bonds. The van der Waals surface area contributed by atoms with Crippen LogP contribution in [0.4, 0.5) is 11.4 Å². The Balaban J connectivity index is 1.69. The van der Waals surface area contributed by atoms with Crippen LogP contribution in [0.15, 0.2) is 55.1 Å². The van der Waals surface area contributed by atoms with Gasteiger partial charge < -0.3 is 19.9 Å². The van der Waals surface area contributed by atoms with Crippen LogP contribution in [0.25, 0.3) is 22.0 Å². The molecule has 0 radical (unpaired) electrons. The Morgan fingerprint density at radius 2 is 1.94 bits per heavy atom. The summed E-state index contributed by atoms with van der Waals surface area (Å²) in [5, 5.41) is 23.8. The van der Waals surface area contributed by atoms with Crippen molar-refractivity contribution in [3.05, 3.63) is 66.2 Å². The maximum absolute atomic E-state index is 9.72. The van der Waals surface area contributed by atoms with Gasteiger partial charge in [0.1, 0.15) is 17.7 Å². The number of rotatable bonds is 8. The fourth-order valence-corrected chi connectivity index (χ4v) is 3.57. The van der Waals surface area contributed by atoms with Crippen LogP contribution >= 0.6 is 0 Å². The van der Waals surface area contributed by atoms with Gasteiger partial charge >= 0.3 is 0 Å². The third kappa shape index (κ3) is 4.77. The number of hydrogen-bond acceptors (Lipinski definition) is 7. The molecule has 0 bridgehead atoms. The Morgan fingerprint density at radius 3 is 2.73 bits per heavy atom. The molecule has 164 valence electrons. The number of aromatic amines is 1. The predicted octanol–water partition coefficient (Wildman–Crippen LogP) is 4.44. The van der Waals surface area contributed by atoms with E-state index in [1.165, 1.54) is 6.20 Å². The number of H-pyrrole nitrogens is 1. The highest BCUT2D eigenvalue weighted by Crippen LogP contribution is 2.35. The summed E-state index contributed by atoms with van der Waals surface area (Å²) in [4.78, 5) is 13.9. The number of nitrogens with zero attached hydrogens (tertiary/aromatic N) is 5. The molecule has 33 heavy (non-hydrogen) atoms. The van der Waals surface area contributed by atoms with Gasteiger partial charge in [0.25, 0.3) is 0 Å². The number of nitrogens with one attached hydrogen (secondary N) is 2. The van der Waals surface area contributed by atoms with Crippen LogP contribution in [0.5, 0.6) is 5.88 Å². The summed E-state index contributed by atoms with van der Waals surface area (Å²) >= 11 is 0. The third-order valence-electron chi connectivity index (χ3n) is 5.19. The van der Waals surface area contributed by atoms with E-state index in [0.717, 1.165) is 29.6 Å². The monoisotopic (exact) mass is 437 g/mol. The zero-order chi connectivity index (χ0) is 23.2.